The van der Waals surface area contributed by atoms with Gasteiger partial charge in [0.05, 0.1) is 5.02 Å². The van der Waals surface area contributed by atoms with Crippen molar-refractivity contribution >= 4 is 11.6 Å². The maximum Gasteiger partial charge on any atom is 0.142 e. The van der Waals surface area contributed by atoms with Crippen LogP contribution in [0.15, 0.2) is 18.2 Å². The smallest absolute Gasteiger partial charge is 0.142 e. The van der Waals surface area contributed by atoms with Crippen molar-refractivity contribution in [3.63, 3.8) is 0 Å². The minimum atomic E-state index is -0.323. The number of nitrogens with zero attached hydrogens (tertiary/aromatic N) is 1. The average Bonchev–Trinajstić information content (AvgIpc) is 3.25. The first-order valence-corrected chi connectivity index (χ1v) is 7.49. The largest absolute Gasteiger partial charge is 0.330 e. The molecule has 104 valence electrons. The second-order valence-electron chi connectivity index (χ2n) is 5.73. The third-order valence-corrected chi connectivity index (χ3v) is 4.71. The van der Waals surface area contributed by atoms with E-state index in [1.807, 2.05) is 6.07 Å². The van der Waals surface area contributed by atoms with Gasteiger partial charge in [0.1, 0.15) is 5.82 Å². The van der Waals surface area contributed by atoms with E-state index in [1.165, 1.54) is 19.3 Å². The second kappa shape index (κ2) is 5.39. The summed E-state index contributed by atoms with van der Waals surface area (Å²) in [5.74, 6) is 0.103. The molecule has 1 aliphatic heterocycles. The van der Waals surface area contributed by atoms with Gasteiger partial charge in [-0.15, -0.1) is 0 Å². The molecule has 0 aromatic heterocycles. The van der Waals surface area contributed by atoms with Gasteiger partial charge in [-0.05, 0) is 62.4 Å². The molecule has 1 heterocycles. The summed E-state index contributed by atoms with van der Waals surface area (Å²) in [5, 5.41) is 0.196. The summed E-state index contributed by atoms with van der Waals surface area (Å²) < 4.78 is 13.7. The van der Waals surface area contributed by atoms with Gasteiger partial charge in [-0.25, -0.2) is 4.39 Å². The quantitative estimate of drug-likeness (QED) is 0.921. The van der Waals surface area contributed by atoms with E-state index in [-0.39, 0.29) is 16.9 Å². The third kappa shape index (κ3) is 2.64. The zero-order chi connectivity index (χ0) is 13.4. The minimum absolute atomic E-state index is 0.196. The lowest BCUT2D eigenvalue weighted by Gasteiger charge is -2.41. The maximum atomic E-state index is 13.7. The molecule has 3 rings (SSSR count). The molecule has 1 aromatic carbocycles. The molecule has 2 atom stereocenters. The molecule has 1 aliphatic carbocycles. The van der Waals surface area contributed by atoms with Crippen LogP contribution < -0.4 is 5.73 Å². The first kappa shape index (κ1) is 13.3. The molecule has 1 saturated heterocycles. The monoisotopic (exact) mass is 282 g/mol. The summed E-state index contributed by atoms with van der Waals surface area (Å²) in [4.78, 5) is 2.53. The van der Waals surface area contributed by atoms with Crippen LogP contribution in [0, 0.1) is 11.7 Å². The molecule has 19 heavy (non-hydrogen) atoms. The van der Waals surface area contributed by atoms with E-state index in [1.54, 1.807) is 12.1 Å². The predicted molar refractivity (Wildman–Crippen MR) is 75.7 cm³/mol. The number of rotatable bonds is 3. The lowest BCUT2D eigenvalue weighted by atomic mass is 9.84. The van der Waals surface area contributed by atoms with Gasteiger partial charge < -0.3 is 5.73 Å². The Bertz CT molecular complexity index is 461. The Labute approximate surface area is 118 Å². The van der Waals surface area contributed by atoms with Gasteiger partial charge in [0, 0.05) is 12.1 Å². The maximum absolute atomic E-state index is 13.7. The van der Waals surface area contributed by atoms with E-state index >= 15 is 0 Å². The summed E-state index contributed by atoms with van der Waals surface area (Å²) >= 11 is 5.79. The normalized spacial score (nSPS) is 28.6. The predicted octanol–water partition coefficient (Wildman–Crippen LogP) is 3.35. The van der Waals surface area contributed by atoms with E-state index in [0.29, 0.717) is 18.5 Å². The van der Waals surface area contributed by atoms with Crippen LogP contribution in [0.25, 0.3) is 0 Å². The number of benzene rings is 1. The molecule has 0 spiro atoms. The van der Waals surface area contributed by atoms with Crippen molar-refractivity contribution in [3.05, 3.63) is 34.6 Å². The van der Waals surface area contributed by atoms with Crippen LogP contribution in [0.2, 0.25) is 5.02 Å². The van der Waals surface area contributed by atoms with Gasteiger partial charge >= 0.3 is 0 Å². The van der Waals surface area contributed by atoms with E-state index in [4.69, 9.17) is 17.3 Å². The number of nitrogens with two attached hydrogens (primary N) is 1. The molecule has 2 nitrogen and oxygen atoms in total. The molecule has 2 N–H and O–H groups in total. The van der Waals surface area contributed by atoms with Crippen LogP contribution in [0.3, 0.4) is 0 Å². The van der Waals surface area contributed by atoms with Crippen molar-refractivity contribution in [2.45, 2.75) is 37.8 Å². The van der Waals surface area contributed by atoms with Crippen LogP contribution in [0.5, 0.6) is 0 Å². The first-order chi connectivity index (χ1) is 9.20. The lowest BCUT2D eigenvalue weighted by molar-refractivity contribution is 0.0877. The average molecular weight is 283 g/mol. The van der Waals surface area contributed by atoms with E-state index in [2.05, 4.69) is 4.90 Å². The number of likely N-dealkylation sites (tertiary alicyclic amines) is 1. The summed E-state index contributed by atoms with van der Waals surface area (Å²) in [7, 11) is 0. The first-order valence-electron chi connectivity index (χ1n) is 7.11. The molecule has 0 amide bonds. The minimum Gasteiger partial charge on any atom is -0.330 e. The van der Waals surface area contributed by atoms with Gasteiger partial charge in [0.25, 0.3) is 0 Å². The number of halogens is 2. The molecule has 1 saturated carbocycles. The molecular formula is C15H20ClFN2. The van der Waals surface area contributed by atoms with Gasteiger partial charge in [0.2, 0.25) is 0 Å². The van der Waals surface area contributed by atoms with Crippen LogP contribution in [0.1, 0.15) is 37.3 Å². The highest BCUT2D eigenvalue weighted by Gasteiger charge is 2.40. The third-order valence-electron chi connectivity index (χ3n) is 4.40. The SMILES string of the molecule is NCC1CCCN(C2CC2)C1c1ccc(Cl)c(F)c1. The van der Waals surface area contributed by atoms with Crippen LogP contribution in [-0.4, -0.2) is 24.0 Å². The Hall–Kier alpha value is -0.640. The van der Waals surface area contributed by atoms with Crippen LogP contribution in [-0.2, 0) is 0 Å². The van der Waals surface area contributed by atoms with Crippen molar-refractivity contribution in [2.75, 3.05) is 13.1 Å². The van der Waals surface area contributed by atoms with Gasteiger partial charge in [-0.1, -0.05) is 17.7 Å². The molecule has 1 aromatic rings. The molecule has 0 radical (unpaired) electrons. The number of hydrogen-bond acceptors (Lipinski definition) is 2. The molecular weight excluding hydrogens is 263 g/mol. The lowest BCUT2D eigenvalue weighted by Crippen LogP contribution is -2.42. The van der Waals surface area contributed by atoms with Gasteiger partial charge in [-0.3, -0.25) is 4.90 Å². The highest BCUT2D eigenvalue weighted by Crippen LogP contribution is 2.42. The Morgan fingerprint density at radius 1 is 1.32 bits per heavy atom. The Morgan fingerprint density at radius 2 is 2.11 bits per heavy atom. The van der Waals surface area contributed by atoms with Gasteiger partial charge in [-0.2, -0.15) is 0 Å². The zero-order valence-electron chi connectivity index (χ0n) is 11.0. The Kier molecular flexibility index (Phi) is 3.79. The molecule has 4 heteroatoms. The Balaban J connectivity index is 1.93. The summed E-state index contributed by atoms with van der Waals surface area (Å²) in [6.07, 6.45) is 4.87. The number of hydrogen-bond donors (Lipinski definition) is 1. The zero-order valence-corrected chi connectivity index (χ0v) is 11.7. The van der Waals surface area contributed by atoms with Crippen molar-refractivity contribution in [2.24, 2.45) is 11.7 Å². The fourth-order valence-corrected chi connectivity index (χ4v) is 3.44. The van der Waals surface area contributed by atoms with E-state index < -0.39 is 0 Å². The second-order valence-corrected chi connectivity index (χ2v) is 6.13. The standard InChI is InChI=1S/C15H20ClFN2/c16-13-6-3-10(8-14(13)17)15-11(9-18)2-1-7-19(15)12-4-5-12/h3,6,8,11-12,15H,1-2,4-5,7,9,18H2. The Morgan fingerprint density at radius 3 is 2.74 bits per heavy atom. The highest BCUT2D eigenvalue weighted by atomic mass is 35.5. The van der Waals surface area contributed by atoms with Gasteiger partial charge in [0.15, 0.2) is 0 Å². The van der Waals surface area contributed by atoms with Crippen molar-refractivity contribution in [3.8, 4) is 0 Å². The highest BCUT2D eigenvalue weighted by molar-refractivity contribution is 6.30. The fourth-order valence-electron chi connectivity index (χ4n) is 3.33. The summed E-state index contributed by atoms with van der Waals surface area (Å²) in [6.45, 7) is 1.77. The summed E-state index contributed by atoms with van der Waals surface area (Å²) in [5.41, 5.74) is 6.97. The van der Waals surface area contributed by atoms with Crippen molar-refractivity contribution in [1.82, 2.24) is 4.90 Å². The van der Waals surface area contributed by atoms with E-state index in [0.717, 1.165) is 18.5 Å². The topological polar surface area (TPSA) is 29.3 Å². The van der Waals surface area contributed by atoms with Crippen LogP contribution >= 0.6 is 11.6 Å². The molecule has 2 aliphatic rings. The molecule has 2 fully saturated rings. The molecule has 0 bridgehead atoms. The van der Waals surface area contributed by atoms with Crippen LogP contribution in [0.4, 0.5) is 4.39 Å². The molecule has 2 unspecified atom stereocenters. The number of piperidine rings is 1. The summed E-state index contributed by atoms with van der Waals surface area (Å²) in [6, 6.07) is 6.16. The van der Waals surface area contributed by atoms with Crippen molar-refractivity contribution < 1.29 is 4.39 Å². The fraction of sp³-hybridized carbons (Fsp3) is 0.600. The van der Waals surface area contributed by atoms with Crippen molar-refractivity contribution in [1.29, 1.82) is 0 Å². The van der Waals surface area contributed by atoms with E-state index in [9.17, 15) is 4.39 Å².